The van der Waals surface area contributed by atoms with Gasteiger partial charge in [0.05, 0.1) is 12.1 Å². The summed E-state index contributed by atoms with van der Waals surface area (Å²) >= 11 is 0. The van der Waals surface area contributed by atoms with Crippen molar-refractivity contribution in [3.05, 3.63) is 24.3 Å². The lowest BCUT2D eigenvalue weighted by Crippen LogP contribution is -2.48. The molecule has 1 aromatic rings. The van der Waals surface area contributed by atoms with Gasteiger partial charge in [0.15, 0.2) is 0 Å². The van der Waals surface area contributed by atoms with Crippen molar-refractivity contribution in [1.29, 1.82) is 0 Å². The maximum Gasteiger partial charge on any atom is 0.244 e. The van der Waals surface area contributed by atoms with Crippen LogP contribution in [0.15, 0.2) is 24.3 Å². The van der Waals surface area contributed by atoms with Crippen LogP contribution in [-0.2, 0) is 9.53 Å². The molecule has 110 valence electrons. The van der Waals surface area contributed by atoms with Crippen LogP contribution in [0.3, 0.4) is 0 Å². The molecule has 1 fully saturated rings. The fourth-order valence-corrected chi connectivity index (χ4v) is 2.37. The van der Waals surface area contributed by atoms with Crippen molar-refractivity contribution < 1.29 is 14.3 Å². The average Bonchev–Trinajstić information content (AvgIpc) is 2.89. The number of benzene rings is 1. The van der Waals surface area contributed by atoms with E-state index in [-0.39, 0.29) is 5.91 Å². The van der Waals surface area contributed by atoms with Crippen LogP contribution in [0.5, 0.6) is 5.75 Å². The van der Waals surface area contributed by atoms with Crippen LogP contribution in [0.2, 0.25) is 0 Å². The number of nitrogens with one attached hydrogen (secondary N) is 1. The summed E-state index contributed by atoms with van der Waals surface area (Å²) in [5, 5.41) is 2.87. The molecule has 0 unspecified atom stereocenters. The van der Waals surface area contributed by atoms with Crippen LogP contribution in [0.25, 0.3) is 0 Å². The first kappa shape index (κ1) is 14.8. The van der Waals surface area contributed by atoms with Crippen LogP contribution >= 0.6 is 0 Å². The molecule has 0 radical (unpaired) electrons. The van der Waals surface area contributed by atoms with Crippen LogP contribution in [0.4, 0.5) is 5.69 Å². The summed E-state index contributed by atoms with van der Waals surface area (Å²) in [5.74, 6) is 0.659. The Kier molecular flexibility index (Phi) is 4.98. The van der Waals surface area contributed by atoms with Gasteiger partial charge in [0.1, 0.15) is 12.4 Å². The van der Waals surface area contributed by atoms with Crippen LogP contribution in [-0.4, -0.2) is 31.8 Å². The summed E-state index contributed by atoms with van der Waals surface area (Å²) in [6.07, 6.45) is 3.57. The molecule has 0 heterocycles. The molecule has 20 heavy (non-hydrogen) atoms. The van der Waals surface area contributed by atoms with Gasteiger partial charge in [-0.2, -0.15) is 0 Å². The maximum absolute atomic E-state index is 12.1. The van der Waals surface area contributed by atoms with Gasteiger partial charge in [-0.3, -0.25) is 4.79 Å². The van der Waals surface area contributed by atoms with E-state index in [0.717, 1.165) is 37.1 Å². The first-order valence-corrected chi connectivity index (χ1v) is 6.96. The molecule has 0 aromatic heterocycles. The zero-order valence-electron chi connectivity index (χ0n) is 11.9. The molecule has 1 saturated carbocycles. The van der Waals surface area contributed by atoms with Gasteiger partial charge in [0.2, 0.25) is 5.91 Å². The Bertz CT molecular complexity index is 439. The first-order chi connectivity index (χ1) is 9.64. The predicted octanol–water partition coefficient (Wildman–Crippen LogP) is 1.92. The van der Waals surface area contributed by atoms with E-state index >= 15 is 0 Å². The summed E-state index contributed by atoms with van der Waals surface area (Å²) < 4.78 is 10.4. The van der Waals surface area contributed by atoms with Crippen molar-refractivity contribution in [2.24, 2.45) is 5.73 Å². The molecule has 1 aliphatic carbocycles. The molecule has 1 aromatic carbocycles. The minimum Gasteiger partial charge on any atom is -0.491 e. The Morgan fingerprint density at radius 3 is 2.50 bits per heavy atom. The van der Waals surface area contributed by atoms with E-state index in [0.29, 0.717) is 13.2 Å². The fourth-order valence-electron chi connectivity index (χ4n) is 2.37. The number of carbonyl (C=O) groups is 1. The molecule has 3 N–H and O–H groups in total. The van der Waals surface area contributed by atoms with E-state index in [1.165, 1.54) is 0 Å². The zero-order chi connectivity index (χ0) is 14.4. The Morgan fingerprint density at radius 1 is 1.25 bits per heavy atom. The van der Waals surface area contributed by atoms with Crippen molar-refractivity contribution >= 4 is 11.6 Å². The summed E-state index contributed by atoms with van der Waals surface area (Å²) in [4.78, 5) is 12.1. The number of carbonyl (C=O) groups excluding carboxylic acids is 1. The average molecular weight is 278 g/mol. The topological polar surface area (TPSA) is 73.6 Å². The molecule has 5 nitrogen and oxygen atoms in total. The Morgan fingerprint density at radius 2 is 1.90 bits per heavy atom. The highest BCUT2D eigenvalue weighted by atomic mass is 16.5. The minimum atomic E-state index is -0.701. The van der Waals surface area contributed by atoms with Crippen LogP contribution < -0.4 is 15.8 Å². The lowest BCUT2D eigenvalue weighted by molar-refractivity contribution is -0.121. The highest BCUT2D eigenvalue weighted by Crippen LogP contribution is 2.28. The second-order valence-corrected chi connectivity index (χ2v) is 5.18. The molecule has 0 bridgehead atoms. The van der Waals surface area contributed by atoms with Crippen LogP contribution in [0.1, 0.15) is 25.7 Å². The number of hydrogen-bond acceptors (Lipinski definition) is 4. The summed E-state index contributed by atoms with van der Waals surface area (Å²) in [6.45, 7) is 1.06. The third kappa shape index (κ3) is 3.71. The molecular formula is C15H22N2O3. The van der Waals surface area contributed by atoms with Gasteiger partial charge in [-0.15, -0.1) is 0 Å². The Hall–Kier alpha value is -1.59. The number of ether oxygens (including phenoxy) is 2. The largest absolute Gasteiger partial charge is 0.491 e. The van der Waals surface area contributed by atoms with E-state index in [1.54, 1.807) is 7.11 Å². The van der Waals surface area contributed by atoms with Gasteiger partial charge in [0, 0.05) is 12.8 Å². The predicted molar refractivity (Wildman–Crippen MR) is 77.8 cm³/mol. The smallest absolute Gasteiger partial charge is 0.244 e. The van der Waals surface area contributed by atoms with Crippen molar-refractivity contribution in [3.8, 4) is 5.75 Å². The third-order valence-corrected chi connectivity index (χ3v) is 3.62. The second kappa shape index (κ2) is 6.72. The second-order valence-electron chi connectivity index (χ2n) is 5.18. The lowest BCUT2D eigenvalue weighted by atomic mass is 9.98. The number of rotatable bonds is 6. The van der Waals surface area contributed by atoms with Crippen LogP contribution in [0, 0.1) is 0 Å². The quantitative estimate of drug-likeness (QED) is 0.780. The van der Waals surface area contributed by atoms with E-state index < -0.39 is 5.54 Å². The lowest BCUT2D eigenvalue weighted by Gasteiger charge is -2.22. The highest BCUT2D eigenvalue weighted by molar-refractivity contribution is 5.98. The monoisotopic (exact) mass is 278 g/mol. The molecular weight excluding hydrogens is 256 g/mol. The number of hydrogen-bond donors (Lipinski definition) is 2. The molecule has 0 spiro atoms. The Labute approximate surface area is 119 Å². The zero-order valence-corrected chi connectivity index (χ0v) is 11.9. The summed E-state index contributed by atoms with van der Waals surface area (Å²) in [7, 11) is 1.63. The highest BCUT2D eigenvalue weighted by Gasteiger charge is 2.36. The van der Waals surface area contributed by atoms with Crippen molar-refractivity contribution in [2.75, 3.05) is 25.6 Å². The number of anilines is 1. The van der Waals surface area contributed by atoms with Crippen molar-refractivity contribution in [2.45, 2.75) is 31.2 Å². The number of amides is 1. The standard InChI is InChI=1S/C15H22N2O3/c1-19-10-11-20-13-6-4-12(5-7-13)17-14(18)15(16)8-2-3-9-15/h4-7H,2-3,8-11,16H2,1H3,(H,17,18). The van der Waals surface area contributed by atoms with E-state index in [9.17, 15) is 4.79 Å². The van der Waals surface area contributed by atoms with E-state index in [4.69, 9.17) is 15.2 Å². The normalized spacial score (nSPS) is 16.9. The molecule has 2 rings (SSSR count). The van der Waals surface area contributed by atoms with Gasteiger partial charge in [-0.25, -0.2) is 0 Å². The number of nitrogens with two attached hydrogens (primary N) is 1. The first-order valence-electron chi connectivity index (χ1n) is 6.96. The molecule has 0 atom stereocenters. The molecule has 1 aliphatic rings. The van der Waals surface area contributed by atoms with Gasteiger partial charge in [-0.1, -0.05) is 12.8 Å². The fraction of sp³-hybridized carbons (Fsp3) is 0.533. The van der Waals surface area contributed by atoms with E-state index in [2.05, 4.69) is 5.32 Å². The SMILES string of the molecule is COCCOc1ccc(NC(=O)C2(N)CCCC2)cc1. The van der Waals surface area contributed by atoms with Gasteiger partial charge < -0.3 is 20.5 Å². The summed E-state index contributed by atoms with van der Waals surface area (Å²) in [5.41, 5.74) is 6.15. The summed E-state index contributed by atoms with van der Waals surface area (Å²) in [6, 6.07) is 7.28. The van der Waals surface area contributed by atoms with Gasteiger partial charge in [0.25, 0.3) is 0 Å². The molecule has 0 saturated heterocycles. The minimum absolute atomic E-state index is 0.0944. The van der Waals surface area contributed by atoms with E-state index in [1.807, 2.05) is 24.3 Å². The van der Waals surface area contributed by atoms with Crippen molar-refractivity contribution in [1.82, 2.24) is 0 Å². The number of methoxy groups -OCH3 is 1. The molecule has 1 amide bonds. The maximum atomic E-state index is 12.1. The molecule has 0 aliphatic heterocycles. The van der Waals surface area contributed by atoms with Crippen molar-refractivity contribution in [3.63, 3.8) is 0 Å². The van der Waals surface area contributed by atoms with Gasteiger partial charge in [-0.05, 0) is 37.1 Å². The Balaban J connectivity index is 1.88. The third-order valence-electron chi connectivity index (χ3n) is 3.62. The van der Waals surface area contributed by atoms with Gasteiger partial charge >= 0.3 is 0 Å². The molecule has 5 heteroatoms.